The summed E-state index contributed by atoms with van der Waals surface area (Å²) in [5.41, 5.74) is -0.138. The van der Waals surface area contributed by atoms with Crippen LogP contribution in [-0.2, 0) is 14.2 Å². The van der Waals surface area contributed by atoms with E-state index in [1.54, 1.807) is 7.11 Å². The van der Waals surface area contributed by atoms with Crippen LogP contribution in [0.4, 0.5) is 0 Å². The first-order chi connectivity index (χ1) is 6.83. The van der Waals surface area contributed by atoms with Crippen LogP contribution >= 0.6 is 0 Å². The molecule has 1 aliphatic heterocycles. The summed E-state index contributed by atoms with van der Waals surface area (Å²) >= 11 is 0. The van der Waals surface area contributed by atoms with E-state index >= 15 is 0 Å². The molecule has 0 aromatic rings. The van der Waals surface area contributed by atoms with E-state index in [2.05, 4.69) is 5.92 Å². The molecule has 0 bridgehead atoms. The van der Waals surface area contributed by atoms with Gasteiger partial charge in [-0.3, -0.25) is 0 Å². The third kappa shape index (κ3) is 3.30. The van der Waals surface area contributed by atoms with E-state index in [9.17, 15) is 0 Å². The number of ether oxygens (including phenoxy) is 3. The van der Waals surface area contributed by atoms with Gasteiger partial charge in [0.25, 0.3) is 0 Å². The molecule has 80 valence electrons. The maximum atomic E-state index is 5.50. The number of hydrogen-bond acceptors (Lipinski definition) is 3. The molecule has 1 aliphatic rings. The molecule has 3 nitrogen and oxygen atoms in total. The van der Waals surface area contributed by atoms with Gasteiger partial charge in [-0.15, -0.1) is 6.42 Å². The topological polar surface area (TPSA) is 27.7 Å². The van der Waals surface area contributed by atoms with Crippen LogP contribution < -0.4 is 0 Å². The zero-order chi connectivity index (χ0) is 10.3. The Bertz CT molecular complexity index is 191. The molecule has 0 aromatic carbocycles. The Morgan fingerprint density at radius 1 is 1.36 bits per heavy atom. The van der Waals surface area contributed by atoms with E-state index in [0.717, 1.165) is 26.1 Å². The molecule has 0 amide bonds. The lowest BCUT2D eigenvalue weighted by Gasteiger charge is -2.36. The number of rotatable bonds is 7. The SMILES string of the molecule is C#CC1(COCCCCOC)COC1. The molecule has 1 saturated heterocycles. The van der Waals surface area contributed by atoms with Crippen LogP contribution in [0.1, 0.15) is 12.8 Å². The summed E-state index contributed by atoms with van der Waals surface area (Å²) in [4.78, 5) is 0. The summed E-state index contributed by atoms with van der Waals surface area (Å²) in [5.74, 6) is 2.74. The first kappa shape index (κ1) is 11.5. The molecule has 1 fully saturated rings. The number of terminal acetylenes is 1. The lowest BCUT2D eigenvalue weighted by atomic mass is 9.88. The van der Waals surface area contributed by atoms with Crippen molar-refractivity contribution in [2.45, 2.75) is 12.8 Å². The van der Waals surface area contributed by atoms with Crippen molar-refractivity contribution in [2.75, 3.05) is 40.1 Å². The van der Waals surface area contributed by atoms with E-state index in [1.165, 1.54) is 0 Å². The van der Waals surface area contributed by atoms with Crippen molar-refractivity contribution in [3.63, 3.8) is 0 Å². The van der Waals surface area contributed by atoms with Gasteiger partial charge < -0.3 is 14.2 Å². The Morgan fingerprint density at radius 3 is 2.57 bits per heavy atom. The predicted octanol–water partition coefficient (Wildman–Crippen LogP) is 1.08. The average molecular weight is 198 g/mol. The maximum absolute atomic E-state index is 5.50. The van der Waals surface area contributed by atoms with Crippen LogP contribution in [0.5, 0.6) is 0 Å². The van der Waals surface area contributed by atoms with Gasteiger partial charge in [-0.2, -0.15) is 0 Å². The number of unbranched alkanes of at least 4 members (excludes halogenated alkanes) is 1. The van der Waals surface area contributed by atoms with Crippen LogP contribution in [0, 0.1) is 17.8 Å². The monoisotopic (exact) mass is 198 g/mol. The Hall–Kier alpha value is -0.560. The standard InChI is InChI=1S/C11H18O3/c1-3-11(9-14-10-11)8-13-7-5-4-6-12-2/h1H,4-10H2,2H3. The first-order valence-electron chi connectivity index (χ1n) is 4.95. The van der Waals surface area contributed by atoms with Gasteiger partial charge in [0.2, 0.25) is 0 Å². The van der Waals surface area contributed by atoms with E-state index in [0.29, 0.717) is 19.8 Å². The van der Waals surface area contributed by atoms with Crippen molar-refractivity contribution >= 4 is 0 Å². The lowest BCUT2D eigenvalue weighted by molar-refractivity contribution is -0.114. The molecular weight excluding hydrogens is 180 g/mol. The largest absolute Gasteiger partial charge is 0.385 e. The Morgan fingerprint density at radius 2 is 2.07 bits per heavy atom. The van der Waals surface area contributed by atoms with Crippen molar-refractivity contribution in [1.82, 2.24) is 0 Å². The lowest BCUT2D eigenvalue weighted by Crippen LogP contribution is -2.45. The molecular formula is C11H18O3. The van der Waals surface area contributed by atoms with Gasteiger partial charge in [0.15, 0.2) is 0 Å². The summed E-state index contributed by atoms with van der Waals surface area (Å²) in [5, 5.41) is 0. The van der Waals surface area contributed by atoms with E-state index in [4.69, 9.17) is 20.6 Å². The van der Waals surface area contributed by atoms with Gasteiger partial charge in [0.1, 0.15) is 5.41 Å². The number of hydrogen-bond donors (Lipinski definition) is 0. The van der Waals surface area contributed by atoms with Gasteiger partial charge in [-0.05, 0) is 12.8 Å². The molecule has 0 unspecified atom stereocenters. The molecule has 1 heterocycles. The normalized spacial score (nSPS) is 18.6. The molecule has 3 heteroatoms. The summed E-state index contributed by atoms with van der Waals surface area (Å²) in [7, 11) is 1.71. The van der Waals surface area contributed by atoms with Crippen molar-refractivity contribution in [3.8, 4) is 12.3 Å². The van der Waals surface area contributed by atoms with Gasteiger partial charge in [0.05, 0.1) is 19.8 Å². The molecule has 0 radical (unpaired) electrons. The second-order valence-electron chi connectivity index (χ2n) is 3.67. The Balaban J connectivity index is 1.96. The van der Waals surface area contributed by atoms with Crippen LogP contribution in [0.15, 0.2) is 0 Å². The zero-order valence-electron chi connectivity index (χ0n) is 8.75. The van der Waals surface area contributed by atoms with E-state index in [-0.39, 0.29) is 5.41 Å². The predicted molar refractivity (Wildman–Crippen MR) is 54.0 cm³/mol. The fourth-order valence-electron chi connectivity index (χ4n) is 1.27. The molecule has 0 N–H and O–H groups in total. The smallest absolute Gasteiger partial charge is 0.101 e. The highest BCUT2D eigenvalue weighted by atomic mass is 16.5. The summed E-state index contributed by atoms with van der Waals surface area (Å²) in [6.07, 6.45) is 7.46. The summed E-state index contributed by atoms with van der Waals surface area (Å²) in [6, 6.07) is 0. The quantitative estimate of drug-likeness (QED) is 0.452. The zero-order valence-corrected chi connectivity index (χ0v) is 8.75. The average Bonchev–Trinajstić information content (AvgIpc) is 2.15. The Labute approximate surface area is 85.7 Å². The molecule has 0 aliphatic carbocycles. The molecule has 14 heavy (non-hydrogen) atoms. The molecule has 1 rings (SSSR count). The van der Waals surface area contributed by atoms with Crippen molar-refractivity contribution in [3.05, 3.63) is 0 Å². The second-order valence-corrected chi connectivity index (χ2v) is 3.67. The van der Waals surface area contributed by atoms with Crippen molar-refractivity contribution < 1.29 is 14.2 Å². The highest BCUT2D eigenvalue weighted by Gasteiger charge is 2.36. The molecule has 0 atom stereocenters. The minimum absolute atomic E-state index is 0.138. The van der Waals surface area contributed by atoms with Gasteiger partial charge in [-0.1, -0.05) is 5.92 Å². The minimum Gasteiger partial charge on any atom is -0.385 e. The van der Waals surface area contributed by atoms with E-state index in [1.807, 2.05) is 0 Å². The van der Waals surface area contributed by atoms with E-state index < -0.39 is 0 Å². The van der Waals surface area contributed by atoms with Crippen LogP contribution in [0.25, 0.3) is 0 Å². The van der Waals surface area contributed by atoms with Crippen LogP contribution in [-0.4, -0.2) is 40.1 Å². The van der Waals surface area contributed by atoms with Crippen molar-refractivity contribution in [2.24, 2.45) is 5.41 Å². The molecule has 0 aromatic heterocycles. The minimum atomic E-state index is -0.138. The first-order valence-corrected chi connectivity index (χ1v) is 4.95. The fourth-order valence-corrected chi connectivity index (χ4v) is 1.27. The summed E-state index contributed by atoms with van der Waals surface area (Å²) < 4.78 is 15.5. The maximum Gasteiger partial charge on any atom is 0.101 e. The highest BCUT2D eigenvalue weighted by Crippen LogP contribution is 2.26. The van der Waals surface area contributed by atoms with Gasteiger partial charge in [0, 0.05) is 20.3 Å². The van der Waals surface area contributed by atoms with Crippen molar-refractivity contribution in [1.29, 1.82) is 0 Å². The molecule has 0 spiro atoms. The fraction of sp³-hybridized carbons (Fsp3) is 0.818. The second kappa shape index (κ2) is 6.02. The highest BCUT2D eigenvalue weighted by molar-refractivity contribution is 5.09. The van der Waals surface area contributed by atoms with Crippen LogP contribution in [0.2, 0.25) is 0 Å². The number of methoxy groups -OCH3 is 1. The Kier molecular flexibility index (Phi) is 4.95. The third-order valence-corrected chi connectivity index (χ3v) is 2.33. The van der Waals surface area contributed by atoms with Crippen LogP contribution in [0.3, 0.4) is 0 Å². The van der Waals surface area contributed by atoms with Gasteiger partial charge >= 0.3 is 0 Å². The van der Waals surface area contributed by atoms with Gasteiger partial charge in [-0.25, -0.2) is 0 Å². The third-order valence-electron chi connectivity index (χ3n) is 2.33. The summed E-state index contributed by atoms with van der Waals surface area (Å²) in [6.45, 7) is 3.46. The molecule has 0 saturated carbocycles.